The quantitative estimate of drug-likeness (QED) is 0.620. The molecule has 0 saturated heterocycles. The van der Waals surface area contributed by atoms with Crippen LogP contribution in [0, 0.1) is 13.8 Å². The zero-order valence-electron chi connectivity index (χ0n) is 10.2. The molecule has 5 nitrogen and oxygen atoms in total. The van der Waals surface area contributed by atoms with E-state index in [9.17, 15) is 14.7 Å². The smallest absolute Gasteiger partial charge is 0.221 e. The summed E-state index contributed by atoms with van der Waals surface area (Å²) in [5, 5.41) is 12.5. The van der Waals surface area contributed by atoms with E-state index >= 15 is 0 Å². The molecule has 1 aromatic rings. The van der Waals surface area contributed by atoms with Crippen molar-refractivity contribution in [1.82, 2.24) is 0 Å². The van der Waals surface area contributed by atoms with E-state index in [2.05, 4.69) is 5.32 Å². The van der Waals surface area contributed by atoms with Crippen LogP contribution in [-0.2, 0) is 4.79 Å². The normalized spacial score (nSPS) is 9.88. The number of aromatic hydroxyl groups is 1. The van der Waals surface area contributed by atoms with Crippen molar-refractivity contribution in [2.24, 2.45) is 0 Å². The highest BCUT2D eigenvalue weighted by Gasteiger charge is 2.20. The summed E-state index contributed by atoms with van der Waals surface area (Å²) in [5.41, 5.74) is 1.72. The van der Waals surface area contributed by atoms with Gasteiger partial charge in [-0.1, -0.05) is 0 Å². The Labute approximate surface area is 99.4 Å². The standard InChI is InChI=1S/C12H15NO4/c1-6-9(5-14)11(16)12(17-4)7(2)10(6)13-8(3)15/h5,16H,1-4H3,(H,13,15). The Kier molecular flexibility index (Phi) is 3.73. The monoisotopic (exact) mass is 237 g/mol. The number of hydrogen-bond donors (Lipinski definition) is 2. The average molecular weight is 237 g/mol. The molecule has 0 saturated carbocycles. The van der Waals surface area contributed by atoms with Crippen LogP contribution in [0.25, 0.3) is 0 Å². The summed E-state index contributed by atoms with van der Waals surface area (Å²) in [6.07, 6.45) is 0.540. The van der Waals surface area contributed by atoms with Gasteiger partial charge < -0.3 is 15.2 Å². The molecule has 0 aromatic heterocycles. The van der Waals surface area contributed by atoms with Gasteiger partial charge in [0.1, 0.15) is 0 Å². The number of nitrogens with one attached hydrogen (secondary N) is 1. The van der Waals surface area contributed by atoms with Crippen molar-refractivity contribution >= 4 is 17.9 Å². The van der Waals surface area contributed by atoms with E-state index < -0.39 is 0 Å². The van der Waals surface area contributed by atoms with Crippen LogP contribution in [0.15, 0.2) is 0 Å². The third kappa shape index (κ3) is 2.22. The summed E-state index contributed by atoms with van der Waals surface area (Å²) < 4.78 is 5.04. The number of hydrogen-bond acceptors (Lipinski definition) is 4. The minimum atomic E-state index is -0.249. The molecular formula is C12H15NO4. The molecule has 0 heterocycles. The third-order valence-electron chi connectivity index (χ3n) is 2.59. The van der Waals surface area contributed by atoms with Crippen LogP contribution in [-0.4, -0.2) is 24.4 Å². The van der Waals surface area contributed by atoms with Crippen molar-refractivity contribution in [3.63, 3.8) is 0 Å². The van der Waals surface area contributed by atoms with Crippen LogP contribution in [0.4, 0.5) is 5.69 Å². The lowest BCUT2D eigenvalue weighted by molar-refractivity contribution is -0.114. The first kappa shape index (κ1) is 13.0. The molecule has 0 aliphatic rings. The van der Waals surface area contributed by atoms with Crippen LogP contribution >= 0.6 is 0 Å². The van der Waals surface area contributed by atoms with Crippen LogP contribution in [0.3, 0.4) is 0 Å². The Bertz CT molecular complexity index is 480. The summed E-state index contributed by atoms with van der Waals surface area (Å²) in [5.74, 6) is -0.256. The zero-order valence-corrected chi connectivity index (χ0v) is 10.2. The Morgan fingerprint density at radius 2 is 1.94 bits per heavy atom. The first-order valence-corrected chi connectivity index (χ1v) is 5.06. The highest BCUT2D eigenvalue weighted by atomic mass is 16.5. The summed E-state index contributed by atoms with van der Waals surface area (Å²) in [7, 11) is 1.39. The molecule has 0 aliphatic carbocycles. The molecule has 0 aliphatic heterocycles. The largest absolute Gasteiger partial charge is 0.504 e. The highest BCUT2D eigenvalue weighted by Crippen LogP contribution is 2.40. The first-order valence-electron chi connectivity index (χ1n) is 5.06. The molecule has 0 bridgehead atoms. The van der Waals surface area contributed by atoms with E-state index in [0.29, 0.717) is 23.1 Å². The Morgan fingerprint density at radius 1 is 1.35 bits per heavy atom. The fourth-order valence-corrected chi connectivity index (χ4v) is 1.76. The second-order valence-electron chi connectivity index (χ2n) is 3.72. The maximum atomic E-state index is 11.1. The van der Waals surface area contributed by atoms with E-state index in [-0.39, 0.29) is 23.0 Å². The SMILES string of the molecule is COc1c(C)c(NC(C)=O)c(C)c(C=O)c1O. The number of benzene rings is 1. The number of ether oxygens (including phenoxy) is 1. The lowest BCUT2D eigenvalue weighted by Crippen LogP contribution is -2.11. The van der Waals surface area contributed by atoms with Gasteiger partial charge in [-0.15, -0.1) is 0 Å². The molecule has 92 valence electrons. The number of phenols is 1. The van der Waals surface area contributed by atoms with Gasteiger partial charge in [-0.25, -0.2) is 0 Å². The van der Waals surface area contributed by atoms with Gasteiger partial charge in [0.2, 0.25) is 5.91 Å². The van der Waals surface area contributed by atoms with Crippen molar-refractivity contribution in [2.45, 2.75) is 20.8 Å². The van der Waals surface area contributed by atoms with E-state index in [0.717, 1.165) is 0 Å². The van der Waals surface area contributed by atoms with Gasteiger partial charge in [-0.05, 0) is 19.4 Å². The van der Waals surface area contributed by atoms with Gasteiger partial charge >= 0.3 is 0 Å². The lowest BCUT2D eigenvalue weighted by Gasteiger charge is -2.17. The Morgan fingerprint density at radius 3 is 2.35 bits per heavy atom. The predicted octanol–water partition coefficient (Wildman–Crippen LogP) is 1.79. The number of amides is 1. The lowest BCUT2D eigenvalue weighted by atomic mass is 10.0. The summed E-state index contributed by atoms with van der Waals surface area (Å²) in [6.45, 7) is 4.73. The summed E-state index contributed by atoms with van der Waals surface area (Å²) in [6, 6.07) is 0. The maximum absolute atomic E-state index is 11.1. The van der Waals surface area contributed by atoms with Crippen molar-refractivity contribution in [2.75, 3.05) is 12.4 Å². The summed E-state index contributed by atoms with van der Waals surface area (Å²) in [4.78, 5) is 22.0. The second-order valence-corrected chi connectivity index (χ2v) is 3.72. The Hall–Kier alpha value is -2.04. The van der Waals surface area contributed by atoms with Gasteiger partial charge in [0, 0.05) is 12.5 Å². The molecular weight excluding hydrogens is 222 g/mol. The molecule has 5 heteroatoms. The molecule has 0 unspecified atom stereocenters. The average Bonchev–Trinajstić information content (AvgIpc) is 2.25. The number of methoxy groups -OCH3 is 1. The van der Waals surface area contributed by atoms with E-state index in [1.54, 1.807) is 13.8 Å². The number of carbonyl (C=O) groups is 2. The summed E-state index contributed by atoms with van der Waals surface area (Å²) >= 11 is 0. The van der Waals surface area contributed by atoms with Gasteiger partial charge in [0.05, 0.1) is 18.4 Å². The molecule has 1 aromatic carbocycles. The second kappa shape index (κ2) is 4.86. The van der Waals surface area contributed by atoms with Crippen LogP contribution in [0.2, 0.25) is 0 Å². The fourth-order valence-electron chi connectivity index (χ4n) is 1.76. The first-order chi connectivity index (χ1) is 7.93. The molecule has 2 N–H and O–H groups in total. The van der Waals surface area contributed by atoms with E-state index in [1.807, 2.05) is 0 Å². The minimum absolute atomic E-state index is 0.121. The van der Waals surface area contributed by atoms with Crippen LogP contribution in [0.5, 0.6) is 11.5 Å². The zero-order chi connectivity index (χ0) is 13.2. The number of rotatable bonds is 3. The van der Waals surface area contributed by atoms with Crippen molar-refractivity contribution in [1.29, 1.82) is 0 Å². The molecule has 0 fully saturated rings. The van der Waals surface area contributed by atoms with Gasteiger partial charge in [-0.2, -0.15) is 0 Å². The molecule has 0 radical (unpaired) electrons. The van der Waals surface area contributed by atoms with E-state index in [1.165, 1.54) is 14.0 Å². The number of carbonyl (C=O) groups excluding carboxylic acids is 2. The molecule has 17 heavy (non-hydrogen) atoms. The molecule has 1 rings (SSSR count). The van der Waals surface area contributed by atoms with Crippen molar-refractivity contribution < 1.29 is 19.4 Å². The number of anilines is 1. The van der Waals surface area contributed by atoms with Crippen LogP contribution in [0.1, 0.15) is 28.4 Å². The van der Waals surface area contributed by atoms with Crippen molar-refractivity contribution in [3.8, 4) is 11.5 Å². The van der Waals surface area contributed by atoms with Gasteiger partial charge in [0.15, 0.2) is 17.8 Å². The molecule has 0 spiro atoms. The molecule has 1 amide bonds. The highest BCUT2D eigenvalue weighted by molar-refractivity contribution is 5.95. The van der Waals surface area contributed by atoms with Gasteiger partial charge in [-0.3, -0.25) is 9.59 Å². The topological polar surface area (TPSA) is 75.6 Å². The van der Waals surface area contributed by atoms with E-state index in [4.69, 9.17) is 4.74 Å². The minimum Gasteiger partial charge on any atom is -0.504 e. The van der Waals surface area contributed by atoms with Crippen molar-refractivity contribution in [3.05, 3.63) is 16.7 Å². The molecule has 0 atom stereocenters. The Balaban J connectivity index is 3.58. The number of phenolic OH excluding ortho intramolecular Hbond substituents is 1. The number of aldehydes is 1. The maximum Gasteiger partial charge on any atom is 0.221 e. The fraction of sp³-hybridized carbons (Fsp3) is 0.333. The predicted molar refractivity (Wildman–Crippen MR) is 63.8 cm³/mol. The third-order valence-corrected chi connectivity index (χ3v) is 2.59. The van der Waals surface area contributed by atoms with Crippen LogP contribution < -0.4 is 10.1 Å². The van der Waals surface area contributed by atoms with Gasteiger partial charge in [0.25, 0.3) is 0 Å².